The van der Waals surface area contributed by atoms with Crippen LogP contribution in [0, 0.1) is 11.3 Å². The van der Waals surface area contributed by atoms with Crippen molar-refractivity contribution in [3.63, 3.8) is 0 Å². The van der Waals surface area contributed by atoms with E-state index in [0.29, 0.717) is 12.0 Å². The van der Waals surface area contributed by atoms with Crippen LogP contribution in [0.15, 0.2) is 48.7 Å². The largest absolute Gasteiger partial charge is 0.496 e. The molecule has 31 heavy (non-hydrogen) atoms. The summed E-state index contributed by atoms with van der Waals surface area (Å²) in [6, 6.07) is 16.1. The number of H-pyrrole nitrogens is 1. The third-order valence-electron chi connectivity index (χ3n) is 6.14. The Morgan fingerprint density at radius 1 is 1.26 bits per heavy atom. The van der Waals surface area contributed by atoms with Crippen molar-refractivity contribution in [1.29, 1.82) is 5.26 Å². The summed E-state index contributed by atoms with van der Waals surface area (Å²) < 4.78 is 5.52. The van der Waals surface area contributed by atoms with Gasteiger partial charge >= 0.3 is 0 Å². The lowest BCUT2D eigenvalue weighted by Gasteiger charge is -2.32. The minimum atomic E-state index is -0.00915. The van der Waals surface area contributed by atoms with E-state index in [0.717, 1.165) is 66.7 Å². The Bertz CT molecular complexity index is 1090. The molecule has 0 aliphatic carbocycles. The molecule has 1 saturated heterocycles. The molecular formula is C25H28N4O2. The first-order chi connectivity index (χ1) is 15.2. The first kappa shape index (κ1) is 21.0. The Labute approximate surface area is 182 Å². The van der Waals surface area contributed by atoms with Gasteiger partial charge in [-0.25, -0.2) is 0 Å². The number of amides is 1. The number of hydrogen-bond acceptors (Lipinski definition) is 4. The number of aromatic nitrogens is 1. The summed E-state index contributed by atoms with van der Waals surface area (Å²) in [5.74, 6) is 0.846. The van der Waals surface area contributed by atoms with Gasteiger partial charge in [0.1, 0.15) is 5.75 Å². The SMILES string of the molecule is COc1cccc(CC#N)c1CCN1CCC(NC(=O)c2ccc3cc[nH]c3c2)CC1. The number of carbonyl (C=O) groups is 1. The monoisotopic (exact) mass is 416 g/mol. The molecule has 4 rings (SSSR count). The molecule has 1 amide bonds. The number of benzene rings is 2. The number of methoxy groups -OCH3 is 1. The summed E-state index contributed by atoms with van der Waals surface area (Å²) in [6.45, 7) is 2.82. The molecule has 1 aliphatic rings. The predicted octanol–water partition coefficient (Wildman–Crippen LogP) is 3.68. The van der Waals surface area contributed by atoms with Crippen LogP contribution in [0.25, 0.3) is 10.9 Å². The van der Waals surface area contributed by atoms with Crippen LogP contribution in [0.4, 0.5) is 0 Å². The molecule has 160 valence electrons. The molecule has 3 aromatic rings. The summed E-state index contributed by atoms with van der Waals surface area (Å²) >= 11 is 0. The van der Waals surface area contributed by atoms with Gasteiger partial charge in [0.15, 0.2) is 0 Å². The van der Waals surface area contributed by atoms with E-state index in [4.69, 9.17) is 10.00 Å². The maximum atomic E-state index is 12.7. The molecule has 0 bridgehead atoms. The molecule has 0 radical (unpaired) electrons. The fourth-order valence-electron chi connectivity index (χ4n) is 4.37. The Balaban J connectivity index is 1.29. The smallest absolute Gasteiger partial charge is 0.251 e. The van der Waals surface area contributed by atoms with Gasteiger partial charge in [0.25, 0.3) is 5.91 Å². The lowest BCUT2D eigenvalue weighted by atomic mass is 9.99. The van der Waals surface area contributed by atoms with E-state index in [-0.39, 0.29) is 11.9 Å². The zero-order chi connectivity index (χ0) is 21.6. The average molecular weight is 417 g/mol. The number of carbonyl (C=O) groups excluding carboxylic acids is 1. The second-order valence-corrected chi connectivity index (χ2v) is 8.05. The van der Waals surface area contributed by atoms with Gasteiger partial charge in [-0.05, 0) is 60.0 Å². The van der Waals surface area contributed by atoms with Crippen molar-refractivity contribution in [2.24, 2.45) is 0 Å². The molecule has 0 atom stereocenters. The molecule has 0 saturated carbocycles. The van der Waals surface area contributed by atoms with Crippen molar-refractivity contribution in [3.05, 3.63) is 65.4 Å². The Hall–Kier alpha value is -3.30. The highest BCUT2D eigenvalue weighted by Crippen LogP contribution is 2.24. The fraction of sp³-hybridized carbons (Fsp3) is 0.360. The standard InChI is InChI=1S/C25H28N4O2/c1-31-24-4-2-3-18(7-12-26)22(24)11-16-29-14-9-21(10-15-29)28-25(30)20-6-5-19-8-13-27-23(19)17-20/h2-6,8,13,17,21,27H,7,9-11,14-16H2,1H3,(H,28,30). The minimum absolute atomic E-state index is 0.00915. The number of fused-ring (bicyclic) bond motifs is 1. The van der Waals surface area contributed by atoms with Gasteiger partial charge in [0.2, 0.25) is 0 Å². The maximum Gasteiger partial charge on any atom is 0.251 e. The van der Waals surface area contributed by atoms with Crippen LogP contribution in [-0.2, 0) is 12.8 Å². The third kappa shape index (κ3) is 4.89. The molecular weight excluding hydrogens is 388 g/mol. The lowest BCUT2D eigenvalue weighted by Crippen LogP contribution is -2.45. The second-order valence-electron chi connectivity index (χ2n) is 8.05. The van der Waals surface area contributed by atoms with Crippen LogP contribution >= 0.6 is 0 Å². The number of rotatable bonds is 7. The topological polar surface area (TPSA) is 81.2 Å². The van der Waals surface area contributed by atoms with Crippen molar-refractivity contribution in [1.82, 2.24) is 15.2 Å². The van der Waals surface area contributed by atoms with Crippen molar-refractivity contribution >= 4 is 16.8 Å². The minimum Gasteiger partial charge on any atom is -0.496 e. The van der Waals surface area contributed by atoms with E-state index in [1.807, 2.05) is 48.7 Å². The molecule has 6 nitrogen and oxygen atoms in total. The Morgan fingerprint density at radius 3 is 2.87 bits per heavy atom. The van der Waals surface area contributed by atoms with E-state index in [1.54, 1.807) is 7.11 Å². The summed E-state index contributed by atoms with van der Waals surface area (Å²) in [7, 11) is 1.68. The lowest BCUT2D eigenvalue weighted by molar-refractivity contribution is 0.0911. The van der Waals surface area contributed by atoms with Gasteiger partial charge in [0.05, 0.1) is 19.6 Å². The number of aromatic amines is 1. The number of nitrogens with one attached hydrogen (secondary N) is 2. The molecule has 0 unspecified atom stereocenters. The van der Waals surface area contributed by atoms with E-state index >= 15 is 0 Å². The normalized spacial score (nSPS) is 15.0. The molecule has 2 aromatic carbocycles. The van der Waals surface area contributed by atoms with Crippen LogP contribution in [0.5, 0.6) is 5.75 Å². The van der Waals surface area contributed by atoms with Crippen molar-refractivity contribution in [2.75, 3.05) is 26.7 Å². The van der Waals surface area contributed by atoms with E-state index in [1.165, 1.54) is 0 Å². The predicted molar refractivity (Wildman–Crippen MR) is 121 cm³/mol. The molecule has 1 fully saturated rings. The number of likely N-dealkylation sites (tertiary alicyclic amines) is 1. The molecule has 1 aliphatic heterocycles. The summed E-state index contributed by atoms with van der Waals surface area (Å²) in [5, 5.41) is 13.4. The van der Waals surface area contributed by atoms with Crippen LogP contribution in [0.3, 0.4) is 0 Å². The highest BCUT2D eigenvalue weighted by molar-refractivity contribution is 5.98. The number of ether oxygens (including phenoxy) is 1. The van der Waals surface area contributed by atoms with Crippen LogP contribution in [0.1, 0.15) is 34.3 Å². The highest BCUT2D eigenvalue weighted by Gasteiger charge is 2.22. The second kappa shape index (κ2) is 9.67. The highest BCUT2D eigenvalue weighted by atomic mass is 16.5. The summed E-state index contributed by atoms with van der Waals surface area (Å²) in [5.41, 5.74) is 3.85. The van der Waals surface area contributed by atoms with Crippen molar-refractivity contribution in [3.8, 4) is 11.8 Å². The van der Waals surface area contributed by atoms with Gasteiger partial charge < -0.3 is 19.9 Å². The Kier molecular flexibility index (Phi) is 6.54. The molecule has 2 N–H and O–H groups in total. The number of nitriles is 1. The molecule has 0 spiro atoms. The number of nitrogens with zero attached hydrogens (tertiary/aromatic N) is 2. The zero-order valence-corrected chi connectivity index (χ0v) is 17.9. The molecule has 1 aromatic heterocycles. The zero-order valence-electron chi connectivity index (χ0n) is 17.9. The maximum absolute atomic E-state index is 12.7. The van der Waals surface area contributed by atoms with Gasteiger partial charge in [-0.2, -0.15) is 5.26 Å². The van der Waals surface area contributed by atoms with Gasteiger partial charge in [-0.15, -0.1) is 0 Å². The fourth-order valence-corrected chi connectivity index (χ4v) is 4.37. The van der Waals surface area contributed by atoms with E-state index < -0.39 is 0 Å². The van der Waals surface area contributed by atoms with Crippen molar-refractivity contribution in [2.45, 2.75) is 31.7 Å². The van der Waals surface area contributed by atoms with Crippen LogP contribution in [0.2, 0.25) is 0 Å². The van der Waals surface area contributed by atoms with Gasteiger partial charge in [-0.1, -0.05) is 18.2 Å². The summed E-state index contributed by atoms with van der Waals surface area (Å²) in [4.78, 5) is 18.2. The third-order valence-corrected chi connectivity index (χ3v) is 6.14. The summed E-state index contributed by atoms with van der Waals surface area (Å²) in [6.07, 6.45) is 5.01. The number of piperidine rings is 1. The van der Waals surface area contributed by atoms with Gasteiger partial charge in [-0.3, -0.25) is 4.79 Å². The average Bonchev–Trinajstić information content (AvgIpc) is 3.27. The van der Waals surface area contributed by atoms with Crippen LogP contribution < -0.4 is 10.1 Å². The van der Waals surface area contributed by atoms with E-state index in [2.05, 4.69) is 21.3 Å². The van der Waals surface area contributed by atoms with Crippen LogP contribution in [-0.4, -0.2) is 48.6 Å². The molecule has 2 heterocycles. The first-order valence-corrected chi connectivity index (χ1v) is 10.8. The van der Waals surface area contributed by atoms with E-state index in [9.17, 15) is 4.79 Å². The first-order valence-electron chi connectivity index (χ1n) is 10.8. The van der Waals surface area contributed by atoms with Gasteiger partial charge in [0, 0.05) is 43.0 Å². The number of hydrogen-bond donors (Lipinski definition) is 2. The molecule has 6 heteroatoms. The quantitative estimate of drug-likeness (QED) is 0.616. The Morgan fingerprint density at radius 2 is 2.10 bits per heavy atom. The van der Waals surface area contributed by atoms with Crippen molar-refractivity contribution < 1.29 is 9.53 Å².